The van der Waals surface area contributed by atoms with Gasteiger partial charge in [-0.05, 0) is 28.1 Å². The van der Waals surface area contributed by atoms with Crippen LogP contribution in [-0.4, -0.2) is 17.2 Å². The SMILES string of the molecule is COc1cc(Cl)cc(CNc2cc(Br)cnc2Cl)c1O. The molecule has 20 heavy (non-hydrogen) atoms. The van der Waals surface area contributed by atoms with Gasteiger partial charge in [-0.1, -0.05) is 23.2 Å². The minimum atomic E-state index is 0.0449. The molecular weight excluding hydrogens is 367 g/mol. The molecule has 1 aromatic heterocycles. The lowest BCUT2D eigenvalue weighted by molar-refractivity contribution is 0.371. The van der Waals surface area contributed by atoms with E-state index in [1.54, 1.807) is 24.4 Å². The Hall–Kier alpha value is -1.17. The zero-order valence-corrected chi connectivity index (χ0v) is 13.6. The van der Waals surface area contributed by atoms with E-state index in [0.29, 0.717) is 33.7 Å². The van der Waals surface area contributed by atoms with Crippen LogP contribution in [0.4, 0.5) is 5.69 Å². The van der Waals surface area contributed by atoms with E-state index in [0.717, 1.165) is 4.47 Å². The molecular formula is C13H11BrCl2N2O2. The predicted molar refractivity (Wildman–Crippen MR) is 83.9 cm³/mol. The Morgan fingerprint density at radius 1 is 1.35 bits per heavy atom. The van der Waals surface area contributed by atoms with Crippen molar-refractivity contribution in [3.8, 4) is 11.5 Å². The molecule has 0 saturated carbocycles. The van der Waals surface area contributed by atoms with Gasteiger partial charge in [0.05, 0.1) is 12.8 Å². The van der Waals surface area contributed by atoms with Gasteiger partial charge in [0.15, 0.2) is 16.7 Å². The molecule has 0 aliphatic heterocycles. The Morgan fingerprint density at radius 3 is 2.80 bits per heavy atom. The fourth-order valence-corrected chi connectivity index (χ4v) is 2.39. The van der Waals surface area contributed by atoms with Crippen LogP contribution in [0.1, 0.15) is 5.56 Å². The summed E-state index contributed by atoms with van der Waals surface area (Å²) in [7, 11) is 1.47. The maximum absolute atomic E-state index is 10.0. The summed E-state index contributed by atoms with van der Waals surface area (Å²) in [5.74, 6) is 0.372. The number of phenols is 1. The summed E-state index contributed by atoms with van der Waals surface area (Å²) in [5.41, 5.74) is 1.25. The van der Waals surface area contributed by atoms with Gasteiger partial charge in [-0.3, -0.25) is 0 Å². The van der Waals surface area contributed by atoms with Crippen molar-refractivity contribution in [3.63, 3.8) is 0 Å². The zero-order chi connectivity index (χ0) is 14.7. The van der Waals surface area contributed by atoms with Crippen LogP contribution in [0.25, 0.3) is 0 Å². The second kappa shape index (κ2) is 6.52. The van der Waals surface area contributed by atoms with Gasteiger partial charge in [0, 0.05) is 33.9 Å². The molecule has 0 saturated heterocycles. The van der Waals surface area contributed by atoms with Crippen molar-refractivity contribution in [1.29, 1.82) is 0 Å². The second-order valence-electron chi connectivity index (χ2n) is 3.96. The molecule has 2 rings (SSSR count). The quantitative estimate of drug-likeness (QED) is 0.771. The summed E-state index contributed by atoms with van der Waals surface area (Å²) >= 11 is 15.3. The highest BCUT2D eigenvalue weighted by atomic mass is 79.9. The number of aromatic hydroxyl groups is 1. The van der Waals surface area contributed by atoms with E-state index in [4.69, 9.17) is 27.9 Å². The molecule has 1 aromatic carbocycles. The molecule has 0 fully saturated rings. The summed E-state index contributed by atoms with van der Waals surface area (Å²) in [4.78, 5) is 4.01. The van der Waals surface area contributed by atoms with Gasteiger partial charge in [-0.2, -0.15) is 0 Å². The molecule has 2 N–H and O–H groups in total. The van der Waals surface area contributed by atoms with Crippen molar-refractivity contribution in [1.82, 2.24) is 4.98 Å². The number of nitrogens with zero attached hydrogens (tertiary/aromatic N) is 1. The van der Waals surface area contributed by atoms with Crippen molar-refractivity contribution in [2.45, 2.75) is 6.54 Å². The number of hydrogen-bond acceptors (Lipinski definition) is 4. The fraction of sp³-hybridized carbons (Fsp3) is 0.154. The van der Waals surface area contributed by atoms with Gasteiger partial charge in [0.25, 0.3) is 0 Å². The van der Waals surface area contributed by atoms with Gasteiger partial charge in [0.2, 0.25) is 0 Å². The van der Waals surface area contributed by atoms with E-state index in [1.807, 2.05) is 0 Å². The van der Waals surface area contributed by atoms with Crippen molar-refractivity contribution < 1.29 is 9.84 Å². The van der Waals surface area contributed by atoms with E-state index in [2.05, 4.69) is 26.2 Å². The molecule has 0 atom stereocenters. The van der Waals surface area contributed by atoms with Crippen molar-refractivity contribution in [2.75, 3.05) is 12.4 Å². The number of methoxy groups -OCH3 is 1. The highest BCUT2D eigenvalue weighted by Gasteiger charge is 2.11. The molecule has 4 nitrogen and oxygen atoms in total. The smallest absolute Gasteiger partial charge is 0.162 e. The standard InChI is InChI=1S/C13H11BrCl2N2O2/c1-20-11-4-9(15)2-7(12(11)19)5-17-10-3-8(14)6-18-13(10)16/h2-4,6,17,19H,5H2,1H3. The van der Waals surface area contributed by atoms with E-state index in [1.165, 1.54) is 7.11 Å². The first kappa shape index (κ1) is 15.2. The maximum atomic E-state index is 10.0. The Morgan fingerprint density at radius 2 is 2.10 bits per heavy atom. The fourth-order valence-electron chi connectivity index (χ4n) is 1.66. The van der Waals surface area contributed by atoms with E-state index < -0.39 is 0 Å². The molecule has 0 bridgehead atoms. The highest BCUT2D eigenvalue weighted by Crippen LogP contribution is 2.34. The third-order valence-electron chi connectivity index (χ3n) is 2.61. The average molecular weight is 378 g/mol. The van der Waals surface area contributed by atoms with Crippen LogP contribution in [0, 0.1) is 0 Å². The Bertz CT molecular complexity index is 638. The minimum Gasteiger partial charge on any atom is -0.504 e. The van der Waals surface area contributed by atoms with Crippen molar-refractivity contribution in [2.24, 2.45) is 0 Å². The van der Waals surface area contributed by atoms with E-state index in [9.17, 15) is 5.11 Å². The Balaban J connectivity index is 2.23. The number of anilines is 1. The molecule has 0 aliphatic rings. The van der Waals surface area contributed by atoms with Gasteiger partial charge >= 0.3 is 0 Å². The van der Waals surface area contributed by atoms with Crippen LogP contribution in [0.5, 0.6) is 11.5 Å². The van der Waals surface area contributed by atoms with Crippen molar-refractivity contribution >= 4 is 44.8 Å². The first-order chi connectivity index (χ1) is 9.51. The lowest BCUT2D eigenvalue weighted by atomic mass is 10.2. The molecule has 0 radical (unpaired) electrons. The topological polar surface area (TPSA) is 54.4 Å². The lowest BCUT2D eigenvalue weighted by Crippen LogP contribution is -2.02. The van der Waals surface area contributed by atoms with Crippen LogP contribution < -0.4 is 10.1 Å². The summed E-state index contributed by atoms with van der Waals surface area (Å²) < 4.78 is 5.86. The first-order valence-corrected chi connectivity index (χ1v) is 7.16. The lowest BCUT2D eigenvalue weighted by Gasteiger charge is -2.12. The first-order valence-electron chi connectivity index (χ1n) is 5.61. The number of ether oxygens (including phenoxy) is 1. The van der Waals surface area contributed by atoms with Crippen LogP contribution in [0.2, 0.25) is 10.2 Å². The molecule has 1 heterocycles. The third kappa shape index (κ3) is 3.48. The number of hydrogen-bond donors (Lipinski definition) is 2. The average Bonchev–Trinajstić information content (AvgIpc) is 2.42. The number of phenolic OH excluding ortho intramolecular Hbond substituents is 1. The van der Waals surface area contributed by atoms with Crippen molar-refractivity contribution in [3.05, 3.63) is 44.6 Å². The summed E-state index contributed by atoms with van der Waals surface area (Å²) in [6.07, 6.45) is 1.60. The molecule has 0 amide bonds. The van der Waals surface area contributed by atoms with Gasteiger partial charge in [0.1, 0.15) is 0 Å². The largest absolute Gasteiger partial charge is 0.504 e. The van der Waals surface area contributed by atoms with Crippen LogP contribution in [-0.2, 0) is 6.54 Å². The van der Waals surface area contributed by atoms with Gasteiger partial charge < -0.3 is 15.2 Å². The second-order valence-corrected chi connectivity index (χ2v) is 5.67. The number of aromatic nitrogens is 1. The normalized spacial score (nSPS) is 10.4. The maximum Gasteiger partial charge on any atom is 0.162 e. The predicted octanol–water partition coefficient (Wildman–Crippen LogP) is 4.48. The molecule has 0 spiro atoms. The monoisotopic (exact) mass is 376 g/mol. The summed E-state index contributed by atoms with van der Waals surface area (Å²) in [6, 6.07) is 5.01. The Kier molecular flexibility index (Phi) is 4.96. The highest BCUT2D eigenvalue weighted by molar-refractivity contribution is 9.10. The number of halogens is 3. The molecule has 0 unspecified atom stereocenters. The number of benzene rings is 1. The van der Waals surface area contributed by atoms with E-state index >= 15 is 0 Å². The molecule has 106 valence electrons. The molecule has 0 aliphatic carbocycles. The minimum absolute atomic E-state index is 0.0449. The Labute approximate surface area is 134 Å². The van der Waals surface area contributed by atoms with Gasteiger partial charge in [-0.15, -0.1) is 0 Å². The van der Waals surface area contributed by atoms with E-state index in [-0.39, 0.29) is 5.75 Å². The molecule has 2 aromatic rings. The molecule has 7 heteroatoms. The summed E-state index contributed by atoms with van der Waals surface area (Å²) in [6.45, 7) is 0.334. The third-order valence-corrected chi connectivity index (χ3v) is 3.57. The van der Waals surface area contributed by atoms with Crippen LogP contribution >= 0.6 is 39.1 Å². The zero-order valence-electron chi connectivity index (χ0n) is 10.5. The van der Waals surface area contributed by atoms with Gasteiger partial charge in [-0.25, -0.2) is 4.98 Å². The number of nitrogens with one attached hydrogen (secondary N) is 1. The number of rotatable bonds is 4. The van der Waals surface area contributed by atoms with Crippen LogP contribution in [0.3, 0.4) is 0 Å². The van der Waals surface area contributed by atoms with Crippen LogP contribution in [0.15, 0.2) is 28.9 Å². The number of pyridine rings is 1. The summed E-state index contributed by atoms with van der Waals surface area (Å²) in [5, 5.41) is 14.0.